The number of hydrogen-bond acceptors (Lipinski definition) is 2. The van der Waals surface area contributed by atoms with E-state index in [0.29, 0.717) is 12.5 Å². The minimum Gasteiger partial charge on any atom is -0.367 e. The molecule has 2 nitrogen and oxygen atoms in total. The molecule has 0 spiro atoms. The van der Waals surface area contributed by atoms with Gasteiger partial charge in [0.1, 0.15) is 6.29 Å². The highest BCUT2D eigenvalue weighted by atomic mass is 16.6. The number of carbonyl (C=O) groups is 1. The normalized spacial score (nSPS) is 26.5. The van der Waals surface area contributed by atoms with Crippen LogP contribution in [-0.4, -0.2) is 18.0 Å². The van der Waals surface area contributed by atoms with Crippen molar-refractivity contribution < 1.29 is 9.53 Å². The van der Waals surface area contributed by atoms with Crippen molar-refractivity contribution >= 4 is 6.29 Å². The third-order valence-electron chi connectivity index (χ3n) is 2.20. The second kappa shape index (κ2) is 3.35. The molecule has 0 aliphatic carbocycles. The summed E-state index contributed by atoms with van der Waals surface area (Å²) >= 11 is 0. The van der Waals surface area contributed by atoms with Crippen LogP contribution in [0.15, 0.2) is 0 Å². The molecule has 0 amide bonds. The molecule has 0 aromatic heterocycles. The Bertz CT molecular complexity index is 140. The number of ether oxygens (including phenoxy) is 1. The lowest BCUT2D eigenvalue weighted by molar-refractivity contribution is -0.107. The number of rotatable bonds is 5. The van der Waals surface area contributed by atoms with E-state index < -0.39 is 0 Å². The van der Waals surface area contributed by atoms with Gasteiger partial charge in [0.25, 0.3) is 0 Å². The van der Waals surface area contributed by atoms with Gasteiger partial charge < -0.3 is 9.53 Å². The van der Waals surface area contributed by atoms with Gasteiger partial charge >= 0.3 is 0 Å². The van der Waals surface area contributed by atoms with Gasteiger partial charge in [0.15, 0.2) is 0 Å². The monoisotopic (exact) mass is 156 g/mol. The van der Waals surface area contributed by atoms with Crippen LogP contribution >= 0.6 is 0 Å². The quantitative estimate of drug-likeness (QED) is 0.346. The van der Waals surface area contributed by atoms with Crippen LogP contribution in [0.2, 0.25) is 0 Å². The number of epoxide rings is 1. The lowest BCUT2D eigenvalue weighted by Crippen LogP contribution is -2.02. The van der Waals surface area contributed by atoms with Gasteiger partial charge in [-0.3, -0.25) is 0 Å². The van der Waals surface area contributed by atoms with Crippen molar-refractivity contribution in [1.82, 2.24) is 0 Å². The van der Waals surface area contributed by atoms with Gasteiger partial charge in [0.2, 0.25) is 0 Å². The zero-order valence-corrected chi connectivity index (χ0v) is 7.30. The molecule has 1 heterocycles. The molecule has 1 aliphatic heterocycles. The third kappa shape index (κ3) is 2.62. The van der Waals surface area contributed by atoms with Gasteiger partial charge in [-0.25, -0.2) is 0 Å². The van der Waals surface area contributed by atoms with Crippen molar-refractivity contribution in [3.63, 3.8) is 0 Å². The lowest BCUT2D eigenvalue weighted by atomic mass is 10.0. The Balaban J connectivity index is 1.94. The Labute approximate surface area is 67.9 Å². The summed E-state index contributed by atoms with van der Waals surface area (Å²) in [6, 6.07) is 0. The van der Waals surface area contributed by atoms with E-state index in [1.807, 2.05) is 0 Å². The van der Waals surface area contributed by atoms with Crippen LogP contribution in [0, 0.1) is 0 Å². The van der Waals surface area contributed by atoms with Crippen LogP contribution in [0.25, 0.3) is 0 Å². The number of unbranched alkanes of at least 4 members (excludes halogenated alkanes) is 2. The van der Waals surface area contributed by atoms with Crippen LogP contribution in [0.4, 0.5) is 0 Å². The van der Waals surface area contributed by atoms with Crippen molar-refractivity contribution in [3.05, 3.63) is 0 Å². The minimum absolute atomic E-state index is 0.126. The molecule has 0 N–H and O–H groups in total. The maximum atomic E-state index is 9.96. The Morgan fingerprint density at radius 2 is 2.09 bits per heavy atom. The molecule has 1 aliphatic rings. The fourth-order valence-electron chi connectivity index (χ4n) is 1.30. The van der Waals surface area contributed by atoms with E-state index >= 15 is 0 Å². The summed E-state index contributed by atoms with van der Waals surface area (Å²) in [6.45, 7) is 4.22. The van der Waals surface area contributed by atoms with Gasteiger partial charge in [-0.2, -0.15) is 0 Å². The molecular weight excluding hydrogens is 140 g/mol. The molecular formula is C9H16O2. The van der Waals surface area contributed by atoms with Crippen LogP contribution in [-0.2, 0) is 9.53 Å². The topological polar surface area (TPSA) is 29.6 Å². The molecule has 1 rings (SSSR count). The molecule has 1 atom stereocenters. The van der Waals surface area contributed by atoms with Crippen LogP contribution < -0.4 is 0 Å². The smallest absolute Gasteiger partial charge is 0.119 e. The molecule has 0 radical (unpaired) electrons. The standard InChI is InChI=1S/C9H16O2/c1-9(2)8(11-9)6-4-3-5-7-10/h7-8H,3-6H2,1-2H3/t8-/m0/s1. The first-order valence-electron chi connectivity index (χ1n) is 4.28. The first-order valence-corrected chi connectivity index (χ1v) is 4.28. The van der Waals surface area contributed by atoms with Crippen molar-refractivity contribution in [2.45, 2.75) is 51.2 Å². The van der Waals surface area contributed by atoms with E-state index in [1.165, 1.54) is 0 Å². The highest BCUT2D eigenvalue weighted by Crippen LogP contribution is 2.38. The summed E-state index contributed by atoms with van der Waals surface area (Å²) in [5.74, 6) is 0. The van der Waals surface area contributed by atoms with Gasteiger partial charge in [-0.15, -0.1) is 0 Å². The molecule has 0 saturated carbocycles. The zero-order valence-electron chi connectivity index (χ0n) is 7.30. The second-order valence-electron chi connectivity index (χ2n) is 3.66. The van der Waals surface area contributed by atoms with E-state index in [9.17, 15) is 4.79 Å². The van der Waals surface area contributed by atoms with Crippen molar-refractivity contribution in [3.8, 4) is 0 Å². The SMILES string of the molecule is CC1(C)O[C@H]1CCCCC=O. The van der Waals surface area contributed by atoms with E-state index in [2.05, 4.69) is 13.8 Å². The average Bonchev–Trinajstić information content (AvgIpc) is 2.52. The molecule has 0 bridgehead atoms. The van der Waals surface area contributed by atoms with Crippen LogP contribution in [0.1, 0.15) is 39.5 Å². The zero-order chi connectivity index (χ0) is 8.32. The summed E-state index contributed by atoms with van der Waals surface area (Å²) in [4.78, 5) is 9.96. The predicted molar refractivity (Wildman–Crippen MR) is 43.5 cm³/mol. The predicted octanol–water partition coefficient (Wildman–Crippen LogP) is 1.92. The van der Waals surface area contributed by atoms with E-state index in [1.54, 1.807) is 0 Å². The van der Waals surface area contributed by atoms with Crippen molar-refractivity contribution in [2.75, 3.05) is 0 Å². The number of aldehydes is 1. The van der Waals surface area contributed by atoms with Gasteiger partial charge in [0.05, 0.1) is 11.7 Å². The summed E-state index contributed by atoms with van der Waals surface area (Å²) < 4.78 is 5.40. The minimum atomic E-state index is 0.126. The molecule has 64 valence electrons. The van der Waals surface area contributed by atoms with Gasteiger partial charge in [0, 0.05) is 6.42 Å². The largest absolute Gasteiger partial charge is 0.367 e. The highest BCUT2D eigenvalue weighted by molar-refractivity contribution is 5.48. The molecule has 0 unspecified atom stereocenters. The first kappa shape index (κ1) is 8.72. The summed E-state index contributed by atoms with van der Waals surface area (Å²) in [6.07, 6.45) is 5.38. The molecule has 11 heavy (non-hydrogen) atoms. The molecule has 2 heteroatoms. The summed E-state index contributed by atoms with van der Waals surface area (Å²) in [5, 5.41) is 0. The molecule has 1 saturated heterocycles. The average molecular weight is 156 g/mol. The fraction of sp³-hybridized carbons (Fsp3) is 0.889. The van der Waals surface area contributed by atoms with Crippen molar-refractivity contribution in [1.29, 1.82) is 0 Å². The number of hydrogen-bond donors (Lipinski definition) is 0. The maximum absolute atomic E-state index is 9.96. The van der Waals surface area contributed by atoms with Gasteiger partial charge in [-0.05, 0) is 26.7 Å². The first-order chi connectivity index (χ1) is 5.17. The van der Waals surface area contributed by atoms with E-state index in [-0.39, 0.29) is 5.60 Å². The lowest BCUT2D eigenvalue weighted by Gasteiger charge is -1.95. The van der Waals surface area contributed by atoms with Crippen molar-refractivity contribution in [2.24, 2.45) is 0 Å². The Kier molecular flexibility index (Phi) is 2.66. The summed E-state index contributed by atoms with van der Waals surface area (Å²) in [7, 11) is 0. The Hall–Kier alpha value is -0.370. The Morgan fingerprint density at radius 3 is 2.55 bits per heavy atom. The van der Waals surface area contributed by atoms with E-state index in [4.69, 9.17) is 4.74 Å². The Morgan fingerprint density at radius 1 is 1.45 bits per heavy atom. The second-order valence-corrected chi connectivity index (χ2v) is 3.66. The van der Waals surface area contributed by atoms with E-state index in [0.717, 1.165) is 25.5 Å². The van der Waals surface area contributed by atoms with Gasteiger partial charge in [-0.1, -0.05) is 6.42 Å². The maximum Gasteiger partial charge on any atom is 0.119 e. The molecule has 0 aromatic carbocycles. The van der Waals surface area contributed by atoms with Crippen LogP contribution in [0.3, 0.4) is 0 Å². The third-order valence-corrected chi connectivity index (χ3v) is 2.20. The van der Waals surface area contributed by atoms with Crippen LogP contribution in [0.5, 0.6) is 0 Å². The molecule has 1 fully saturated rings. The molecule has 0 aromatic rings. The summed E-state index contributed by atoms with van der Waals surface area (Å²) in [5.41, 5.74) is 0.126. The fourth-order valence-corrected chi connectivity index (χ4v) is 1.30. The number of carbonyl (C=O) groups excluding carboxylic acids is 1. The highest BCUT2D eigenvalue weighted by Gasteiger charge is 2.46.